The van der Waals surface area contributed by atoms with Crippen molar-refractivity contribution >= 4 is 9.84 Å². The molecule has 0 amide bonds. The molecule has 0 saturated carbocycles. The molecular formula is C16H22N2O2S. The second kappa shape index (κ2) is 6.59. The van der Waals surface area contributed by atoms with Crippen LogP contribution in [0.5, 0.6) is 0 Å². The first-order valence-corrected chi connectivity index (χ1v) is 9.12. The van der Waals surface area contributed by atoms with Crippen LogP contribution in [-0.4, -0.2) is 37.7 Å². The normalized spacial score (nSPS) is 23.1. The molecule has 1 heterocycles. The van der Waals surface area contributed by atoms with Gasteiger partial charge in [-0.05, 0) is 50.5 Å². The summed E-state index contributed by atoms with van der Waals surface area (Å²) in [6.07, 6.45) is 3.38. The smallest absolute Gasteiger partial charge is 0.179 e. The van der Waals surface area contributed by atoms with Crippen LogP contribution in [0.4, 0.5) is 0 Å². The standard InChI is InChI=1S/C16H22N2O2S/c1-3-15-7-4-13(2)18(15)10-11-21(19,20)16-8-5-14(12-17)6-9-16/h5-6,8-9,13,15H,3-4,7,10-11H2,1-2H3/t13-,15-/m1/s1. The summed E-state index contributed by atoms with van der Waals surface area (Å²) in [5.74, 6) is 0.139. The topological polar surface area (TPSA) is 61.2 Å². The van der Waals surface area contributed by atoms with Crippen molar-refractivity contribution < 1.29 is 8.42 Å². The maximum Gasteiger partial charge on any atom is 0.179 e. The Morgan fingerprint density at radius 1 is 1.29 bits per heavy atom. The molecule has 1 aromatic carbocycles. The molecule has 0 radical (unpaired) electrons. The molecule has 114 valence electrons. The highest BCUT2D eigenvalue weighted by Gasteiger charge is 2.30. The number of hydrogen-bond donors (Lipinski definition) is 0. The summed E-state index contributed by atoms with van der Waals surface area (Å²) in [6, 6.07) is 9.14. The molecule has 1 aromatic rings. The van der Waals surface area contributed by atoms with Gasteiger partial charge in [0.25, 0.3) is 0 Å². The van der Waals surface area contributed by atoms with Crippen LogP contribution < -0.4 is 0 Å². The first-order valence-electron chi connectivity index (χ1n) is 7.46. The van der Waals surface area contributed by atoms with E-state index in [4.69, 9.17) is 5.26 Å². The average Bonchev–Trinajstić information content (AvgIpc) is 2.85. The second-order valence-corrected chi connectivity index (χ2v) is 7.79. The lowest BCUT2D eigenvalue weighted by molar-refractivity contribution is 0.211. The van der Waals surface area contributed by atoms with Crippen LogP contribution in [0.2, 0.25) is 0 Å². The van der Waals surface area contributed by atoms with E-state index in [-0.39, 0.29) is 5.75 Å². The zero-order valence-electron chi connectivity index (χ0n) is 12.6. The van der Waals surface area contributed by atoms with Crippen molar-refractivity contribution in [2.24, 2.45) is 0 Å². The highest BCUT2D eigenvalue weighted by molar-refractivity contribution is 7.91. The van der Waals surface area contributed by atoms with Gasteiger partial charge in [0, 0.05) is 18.6 Å². The van der Waals surface area contributed by atoms with Crippen molar-refractivity contribution in [3.8, 4) is 6.07 Å². The Morgan fingerprint density at radius 2 is 1.95 bits per heavy atom. The fourth-order valence-electron chi connectivity index (χ4n) is 3.05. The zero-order valence-corrected chi connectivity index (χ0v) is 13.4. The summed E-state index contributed by atoms with van der Waals surface area (Å²) in [5, 5.41) is 8.76. The Morgan fingerprint density at radius 3 is 2.52 bits per heavy atom. The fraction of sp³-hybridized carbons (Fsp3) is 0.562. The van der Waals surface area contributed by atoms with Gasteiger partial charge in [-0.3, -0.25) is 4.90 Å². The van der Waals surface area contributed by atoms with E-state index in [9.17, 15) is 8.42 Å². The van der Waals surface area contributed by atoms with Crippen molar-refractivity contribution in [3.63, 3.8) is 0 Å². The van der Waals surface area contributed by atoms with Gasteiger partial charge >= 0.3 is 0 Å². The third kappa shape index (κ3) is 3.63. The van der Waals surface area contributed by atoms with Crippen LogP contribution >= 0.6 is 0 Å². The third-order valence-electron chi connectivity index (χ3n) is 4.38. The summed E-state index contributed by atoms with van der Waals surface area (Å²) in [6.45, 7) is 4.91. The predicted molar refractivity (Wildman–Crippen MR) is 82.7 cm³/mol. The second-order valence-electron chi connectivity index (χ2n) is 5.68. The van der Waals surface area contributed by atoms with Gasteiger partial charge in [-0.25, -0.2) is 8.42 Å². The summed E-state index contributed by atoms with van der Waals surface area (Å²) in [4.78, 5) is 2.63. The van der Waals surface area contributed by atoms with E-state index in [1.54, 1.807) is 12.1 Å². The van der Waals surface area contributed by atoms with E-state index in [0.29, 0.717) is 29.1 Å². The van der Waals surface area contributed by atoms with Gasteiger partial charge in [0.1, 0.15) is 0 Å². The molecule has 4 nitrogen and oxygen atoms in total. The number of hydrogen-bond acceptors (Lipinski definition) is 4. The molecule has 0 aliphatic carbocycles. The highest BCUT2D eigenvalue weighted by Crippen LogP contribution is 2.26. The van der Waals surface area contributed by atoms with Crippen LogP contribution in [0.1, 0.15) is 38.7 Å². The SMILES string of the molecule is CC[C@@H]1CC[C@@H](C)N1CCS(=O)(=O)c1ccc(C#N)cc1. The Balaban J connectivity index is 2.05. The molecule has 0 unspecified atom stereocenters. The molecule has 1 saturated heterocycles. The molecule has 0 spiro atoms. The van der Waals surface area contributed by atoms with Gasteiger partial charge in [-0.15, -0.1) is 0 Å². The molecule has 2 atom stereocenters. The van der Waals surface area contributed by atoms with Gasteiger partial charge in [0.2, 0.25) is 0 Å². The lowest BCUT2D eigenvalue weighted by Crippen LogP contribution is -2.37. The Bertz CT molecular complexity index is 617. The minimum Gasteiger partial charge on any atom is -0.297 e. The largest absolute Gasteiger partial charge is 0.297 e. The molecular weight excluding hydrogens is 284 g/mol. The van der Waals surface area contributed by atoms with Crippen LogP contribution in [0.3, 0.4) is 0 Å². The minimum atomic E-state index is -3.28. The first kappa shape index (κ1) is 16.0. The zero-order chi connectivity index (χ0) is 15.5. The molecule has 21 heavy (non-hydrogen) atoms. The minimum absolute atomic E-state index is 0.139. The molecule has 0 bridgehead atoms. The van der Waals surface area contributed by atoms with Crippen molar-refractivity contribution in [1.82, 2.24) is 4.90 Å². The monoisotopic (exact) mass is 306 g/mol. The van der Waals surface area contributed by atoms with E-state index in [0.717, 1.165) is 19.3 Å². The van der Waals surface area contributed by atoms with Crippen molar-refractivity contribution in [2.75, 3.05) is 12.3 Å². The average molecular weight is 306 g/mol. The Hall–Kier alpha value is -1.38. The molecule has 2 rings (SSSR count). The number of benzene rings is 1. The van der Waals surface area contributed by atoms with Crippen LogP contribution in [-0.2, 0) is 9.84 Å². The summed E-state index contributed by atoms with van der Waals surface area (Å²) < 4.78 is 24.8. The quantitative estimate of drug-likeness (QED) is 0.839. The van der Waals surface area contributed by atoms with Gasteiger partial charge in [0.15, 0.2) is 9.84 Å². The molecule has 0 aromatic heterocycles. The Labute approximate surface area is 127 Å². The van der Waals surface area contributed by atoms with Crippen molar-refractivity contribution in [2.45, 2.75) is 50.1 Å². The van der Waals surface area contributed by atoms with E-state index in [2.05, 4.69) is 18.7 Å². The van der Waals surface area contributed by atoms with E-state index in [1.165, 1.54) is 12.1 Å². The number of nitrogens with zero attached hydrogens (tertiary/aromatic N) is 2. The highest BCUT2D eigenvalue weighted by atomic mass is 32.2. The predicted octanol–water partition coefficient (Wildman–Crippen LogP) is 2.59. The van der Waals surface area contributed by atoms with Crippen LogP contribution in [0.15, 0.2) is 29.2 Å². The third-order valence-corrected chi connectivity index (χ3v) is 6.10. The molecule has 5 heteroatoms. The molecule has 1 fully saturated rings. The summed E-state index contributed by atoms with van der Waals surface area (Å²) in [7, 11) is -3.28. The maximum atomic E-state index is 12.4. The van der Waals surface area contributed by atoms with Gasteiger partial charge in [0.05, 0.1) is 22.3 Å². The maximum absolute atomic E-state index is 12.4. The summed E-state index contributed by atoms with van der Waals surface area (Å²) >= 11 is 0. The van der Waals surface area contributed by atoms with Crippen LogP contribution in [0.25, 0.3) is 0 Å². The number of likely N-dealkylation sites (tertiary alicyclic amines) is 1. The fourth-order valence-corrected chi connectivity index (χ4v) is 4.28. The van der Waals surface area contributed by atoms with Gasteiger partial charge in [-0.2, -0.15) is 5.26 Å². The lowest BCUT2D eigenvalue weighted by atomic mass is 10.2. The molecule has 1 aliphatic heterocycles. The van der Waals surface area contributed by atoms with Gasteiger partial charge in [-0.1, -0.05) is 6.92 Å². The Kier molecular flexibility index (Phi) is 5.02. The van der Waals surface area contributed by atoms with E-state index in [1.807, 2.05) is 6.07 Å². The number of sulfone groups is 1. The molecule has 1 aliphatic rings. The number of rotatable bonds is 5. The van der Waals surface area contributed by atoms with E-state index >= 15 is 0 Å². The van der Waals surface area contributed by atoms with Gasteiger partial charge < -0.3 is 0 Å². The van der Waals surface area contributed by atoms with Crippen molar-refractivity contribution in [3.05, 3.63) is 29.8 Å². The summed E-state index contributed by atoms with van der Waals surface area (Å²) in [5.41, 5.74) is 0.480. The lowest BCUT2D eigenvalue weighted by Gasteiger charge is -2.27. The molecule has 0 N–H and O–H groups in total. The van der Waals surface area contributed by atoms with Crippen molar-refractivity contribution in [1.29, 1.82) is 5.26 Å². The number of nitriles is 1. The van der Waals surface area contributed by atoms with Crippen LogP contribution in [0, 0.1) is 11.3 Å². The first-order chi connectivity index (χ1) is 9.97. The van der Waals surface area contributed by atoms with E-state index < -0.39 is 9.84 Å².